The lowest BCUT2D eigenvalue weighted by Gasteiger charge is -2.42. The number of thioether (sulfide) groups is 1. The highest BCUT2D eigenvalue weighted by Gasteiger charge is 2.74. The lowest BCUT2D eigenvalue weighted by molar-refractivity contribution is -0.147. The summed E-state index contributed by atoms with van der Waals surface area (Å²) in [6.07, 6.45) is 8.05. The molecule has 2 saturated heterocycles. The zero-order valence-electron chi connectivity index (χ0n) is 23.6. The molecule has 1 aromatic rings. The van der Waals surface area contributed by atoms with Gasteiger partial charge in [-0.15, -0.1) is 11.8 Å². The van der Waals surface area contributed by atoms with Crippen molar-refractivity contribution in [2.24, 2.45) is 11.8 Å². The van der Waals surface area contributed by atoms with Crippen molar-refractivity contribution in [3.63, 3.8) is 0 Å². The fourth-order valence-corrected chi connectivity index (χ4v) is 8.89. The normalized spacial score (nSPS) is 33.1. The van der Waals surface area contributed by atoms with Gasteiger partial charge < -0.3 is 24.5 Å². The number of hydrogen-bond donors (Lipinski definition) is 1. The maximum Gasteiger partial charge on any atom is 0.247 e. The Hall–Kier alpha value is -2.78. The number of ether oxygens (including phenoxy) is 1. The lowest BCUT2D eigenvalue weighted by Crippen LogP contribution is -2.59. The van der Waals surface area contributed by atoms with Gasteiger partial charge in [0.1, 0.15) is 11.8 Å². The second-order valence-electron chi connectivity index (χ2n) is 12.1. The van der Waals surface area contributed by atoms with Crippen LogP contribution in [0.15, 0.2) is 48.6 Å². The molecule has 6 atom stereocenters. The molecule has 0 aromatic heterocycles. The van der Waals surface area contributed by atoms with Crippen molar-refractivity contribution in [2.45, 2.75) is 68.7 Å². The lowest BCUT2D eigenvalue weighted by atomic mass is 9.74. The number of likely N-dealkylation sites (tertiary alicyclic amines) is 1. The van der Waals surface area contributed by atoms with Gasteiger partial charge in [0.2, 0.25) is 17.7 Å². The number of amides is 3. The molecule has 0 aliphatic carbocycles. The van der Waals surface area contributed by atoms with Gasteiger partial charge in [-0.3, -0.25) is 14.4 Å². The molecule has 1 aromatic carbocycles. The summed E-state index contributed by atoms with van der Waals surface area (Å²) in [7, 11) is 0. The summed E-state index contributed by atoms with van der Waals surface area (Å²) in [5, 5.41) is 10.1. The van der Waals surface area contributed by atoms with Crippen molar-refractivity contribution in [3.05, 3.63) is 48.6 Å². The van der Waals surface area contributed by atoms with E-state index in [-0.39, 0.29) is 24.3 Å². The molecule has 4 aliphatic rings. The predicted molar refractivity (Wildman–Crippen MR) is 153 cm³/mol. The molecule has 3 amide bonds. The molecule has 1 spiro atoms. The van der Waals surface area contributed by atoms with E-state index < -0.39 is 39.0 Å². The average Bonchev–Trinajstić information content (AvgIpc) is 3.15. The molecule has 0 bridgehead atoms. The van der Waals surface area contributed by atoms with Gasteiger partial charge >= 0.3 is 0 Å². The van der Waals surface area contributed by atoms with Crippen LogP contribution in [0.1, 0.15) is 41.5 Å². The van der Waals surface area contributed by atoms with Crippen LogP contribution < -0.4 is 9.64 Å². The Morgan fingerprint density at radius 3 is 2.31 bits per heavy atom. The van der Waals surface area contributed by atoms with Gasteiger partial charge in [0.05, 0.1) is 35.8 Å². The number of fused-ring (bicyclic) bond motifs is 2. The molecule has 9 heteroatoms. The molecule has 39 heavy (non-hydrogen) atoms. The Balaban J connectivity index is 1.62. The first kappa shape index (κ1) is 27.8. The molecule has 8 nitrogen and oxygen atoms in total. The third-order valence-electron chi connectivity index (χ3n) is 8.50. The largest absolute Gasteiger partial charge is 0.494 e. The van der Waals surface area contributed by atoms with Crippen LogP contribution in [-0.2, 0) is 14.4 Å². The molecule has 0 radical (unpaired) electrons. The van der Waals surface area contributed by atoms with Crippen LogP contribution in [0.5, 0.6) is 5.75 Å². The number of benzene rings is 1. The summed E-state index contributed by atoms with van der Waals surface area (Å²) in [5.41, 5.74) is 0.275. The number of nitrogens with zero attached hydrogens (tertiary/aromatic N) is 3. The number of carbonyl (C=O) groups excluding carboxylic acids is 3. The van der Waals surface area contributed by atoms with Gasteiger partial charge in [0.25, 0.3) is 0 Å². The minimum absolute atomic E-state index is 0.135. The first-order chi connectivity index (χ1) is 18.4. The molecule has 4 heterocycles. The molecule has 210 valence electrons. The molecule has 1 N–H and O–H groups in total. The van der Waals surface area contributed by atoms with Crippen LogP contribution in [0.4, 0.5) is 5.69 Å². The Labute approximate surface area is 235 Å². The first-order valence-corrected chi connectivity index (χ1v) is 14.6. The minimum atomic E-state index is -0.932. The third-order valence-corrected chi connectivity index (χ3v) is 10.3. The number of anilines is 1. The number of rotatable bonds is 5. The average molecular weight is 554 g/mol. The maximum absolute atomic E-state index is 14.4. The summed E-state index contributed by atoms with van der Waals surface area (Å²) >= 11 is 1.55. The molecular weight excluding hydrogens is 514 g/mol. The van der Waals surface area contributed by atoms with E-state index in [4.69, 9.17) is 4.74 Å². The Bertz CT molecular complexity index is 1220. The SMILES string of the molecule is CCOc1ccc(N2CC=C[C@@]3(C)S[C@]45C=CCN(C(C)(C)C)C(=O)C4N([C@H](C)CO)C(=O)[C@@H]5[C@H]3C2=O)cc1. The van der Waals surface area contributed by atoms with Crippen LogP contribution in [0.2, 0.25) is 0 Å². The van der Waals surface area contributed by atoms with E-state index in [9.17, 15) is 19.5 Å². The zero-order chi connectivity index (χ0) is 28.3. The fraction of sp³-hybridized carbons (Fsp3) is 0.567. The van der Waals surface area contributed by atoms with Gasteiger partial charge in [0.15, 0.2) is 0 Å². The van der Waals surface area contributed by atoms with Gasteiger partial charge in [-0.05, 0) is 65.8 Å². The van der Waals surface area contributed by atoms with E-state index in [0.29, 0.717) is 19.7 Å². The Kier molecular flexibility index (Phi) is 6.91. The zero-order valence-corrected chi connectivity index (χ0v) is 24.4. The Morgan fingerprint density at radius 1 is 1.03 bits per heavy atom. The van der Waals surface area contributed by atoms with Crippen molar-refractivity contribution in [1.29, 1.82) is 0 Å². The predicted octanol–water partition coefficient (Wildman–Crippen LogP) is 3.25. The van der Waals surface area contributed by atoms with E-state index >= 15 is 0 Å². The highest BCUT2D eigenvalue weighted by atomic mass is 32.2. The first-order valence-electron chi connectivity index (χ1n) is 13.7. The molecule has 4 aliphatic heterocycles. The van der Waals surface area contributed by atoms with Crippen LogP contribution in [0.25, 0.3) is 0 Å². The highest BCUT2D eigenvalue weighted by Crippen LogP contribution is 2.66. The fourth-order valence-electron chi connectivity index (χ4n) is 6.75. The maximum atomic E-state index is 14.4. The van der Waals surface area contributed by atoms with E-state index in [1.54, 1.807) is 33.4 Å². The molecule has 5 rings (SSSR count). The molecule has 1 unspecified atom stereocenters. The van der Waals surface area contributed by atoms with Crippen molar-refractivity contribution in [3.8, 4) is 5.75 Å². The van der Waals surface area contributed by atoms with E-state index in [1.165, 1.54) is 0 Å². The van der Waals surface area contributed by atoms with Crippen LogP contribution >= 0.6 is 11.8 Å². The second-order valence-corrected chi connectivity index (χ2v) is 13.9. The quantitative estimate of drug-likeness (QED) is 0.563. The second kappa shape index (κ2) is 9.70. The monoisotopic (exact) mass is 553 g/mol. The Morgan fingerprint density at radius 2 is 1.69 bits per heavy atom. The van der Waals surface area contributed by atoms with Gasteiger partial charge in [-0.2, -0.15) is 0 Å². The molecule has 0 saturated carbocycles. The summed E-state index contributed by atoms with van der Waals surface area (Å²) in [6, 6.07) is 6.05. The van der Waals surface area contributed by atoms with Gasteiger partial charge in [-0.1, -0.05) is 24.3 Å². The highest BCUT2D eigenvalue weighted by molar-refractivity contribution is 8.02. The summed E-state index contributed by atoms with van der Waals surface area (Å²) in [5.74, 6) is -1.22. The van der Waals surface area contributed by atoms with E-state index in [2.05, 4.69) is 6.08 Å². The van der Waals surface area contributed by atoms with Crippen molar-refractivity contribution < 1.29 is 24.2 Å². The third kappa shape index (κ3) is 4.20. The van der Waals surface area contributed by atoms with Crippen LogP contribution in [-0.4, -0.2) is 86.0 Å². The number of carbonyl (C=O) groups is 3. The number of aliphatic hydroxyl groups is 1. The summed E-state index contributed by atoms with van der Waals surface area (Å²) < 4.78 is 3.96. The van der Waals surface area contributed by atoms with Gasteiger partial charge in [0, 0.05) is 29.1 Å². The van der Waals surface area contributed by atoms with Crippen molar-refractivity contribution >= 4 is 35.2 Å². The summed E-state index contributed by atoms with van der Waals surface area (Å²) in [4.78, 5) is 48.2. The van der Waals surface area contributed by atoms with Crippen LogP contribution in [0.3, 0.4) is 0 Å². The molecular formula is C30H39N3O5S. The van der Waals surface area contributed by atoms with Crippen molar-refractivity contribution in [2.75, 3.05) is 31.2 Å². The summed E-state index contributed by atoms with van der Waals surface area (Å²) in [6.45, 7) is 12.8. The minimum Gasteiger partial charge on any atom is -0.494 e. The van der Waals surface area contributed by atoms with Crippen molar-refractivity contribution in [1.82, 2.24) is 9.80 Å². The smallest absolute Gasteiger partial charge is 0.247 e. The number of aliphatic hydroxyl groups excluding tert-OH is 1. The molecule has 2 fully saturated rings. The topological polar surface area (TPSA) is 90.4 Å². The van der Waals surface area contributed by atoms with Gasteiger partial charge in [-0.25, -0.2) is 0 Å². The standard InChI is InChI=1S/C30H39N3O5S/c1-7-38-21-12-10-20(11-13-21)31-16-8-14-29(6)22(25(31)35)23-26(36)33(19(2)18-34)24-27(37)32(28(3,4)5)17-9-15-30(23,24)39-29/h8-15,19,22-24,34H,7,16-18H2,1-6H3/t19-,22+,23+,24?,29-,30+/m1/s1. The van der Waals surface area contributed by atoms with E-state index in [1.807, 2.05) is 77.1 Å². The van der Waals surface area contributed by atoms with E-state index in [0.717, 1.165) is 11.4 Å². The number of hydrogen-bond acceptors (Lipinski definition) is 6. The van der Waals surface area contributed by atoms with Crippen LogP contribution in [0, 0.1) is 11.8 Å².